The predicted octanol–water partition coefficient (Wildman–Crippen LogP) is 3.76. The quantitative estimate of drug-likeness (QED) is 0.826. The van der Waals surface area contributed by atoms with E-state index >= 15 is 0 Å². The summed E-state index contributed by atoms with van der Waals surface area (Å²) in [5, 5.41) is 10.4. The minimum Gasteiger partial charge on any atom is -0.466 e. The number of aliphatic hydroxyl groups is 1. The van der Waals surface area contributed by atoms with Crippen molar-refractivity contribution in [1.29, 1.82) is 0 Å². The minimum absolute atomic E-state index is 0.329. The van der Waals surface area contributed by atoms with E-state index in [0.29, 0.717) is 5.92 Å². The Bertz CT molecular complexity index is 346. The lowest BCUT2D eigenvalue weighted by Gasteiger charge is -2.29. The van der Waals surface area contributed by atoms with Crippen LogP contribution in [0.25, 0.3) is 0 Å². The molecule has 1 atom stereocenters. The van der Waals surface area contributed by atoms with E-state index in [9.17, 15) is 5.11 Å². The molecule has 2 heteroatoms. The second kappa shape index (κ2) is 4.62. The summed E-state index contributed by atoms with van der Waals surface area (Å²) < 4.78 is 5.49. The second-order valence-corrected chi connectivity index (χ2v) is 5.33. The monoisotopic (exact) mass is 222 g/mol. The van der Waals surface area contributed by atoms with E-state index in [1.54, 1.807) is 0 Å². The fourth-order valence-corrected chi connectivity index (χ4v) is 2.80. The standard InChI is InChI=1S/C14H22O2/c1-9-4-6-12(7-5-9)14(15)13-8-10(2)16-11(13)3/h8-9,12,14-15H,4-7H2,1-3H3. The summed E-state index contributed by atoms with van der Waals surface area (Å²) in [6, 6.07) is 1.98. The first-order chi connectivity index (χ1) is 7.58. The van der Waals surface area contributed by atoms with Gasteiger partial charge in [-0.3, -0.25) is 0 Å². The molecule has 1 aliphatic rings. The van der Waals surface area contributed by atoms with Crippen LogP contribution in [0.15, 0.2) is 10.5 Å². The van der Waals surface area contributed by atoms with Gasteiger partial charge in [0.25, 0.3) is 0 Å². The molecule has 0 saturated heterocycles. The Hall–Kier alpha value is -0.760. The van der Waals surface area contributed by atoms with Gasteiger partial charge in [0, 0.05) is 5.56 Å². The molecule has 1 unspecified atom stereocenters. The maximum Gasteiger partial charge on any atom is 0.106 e. The van der Waals surface area contributed by atoms with Gasteiger partial charge in [-0.25, -0.2) is 0 Å². The van der Waals surface area contributed by atoms with Crippen LogP contribution in [0.1, 0.15) is 55.8 Å². The summed E-state index contributed by atoms with van der Waals surface area (Å²) in [6.45, 7) is 6.18. The lowest BCUT2D eigenvalue weighted by molar-refractivity contribution is 0.0744. The molecule has 2 rings (SSSR count). The molecule has 0 aliphatic heterocycles. The molecule has 1 fully saturated rings. The molecule has 1 heterocycles. The zero-order valence-corrected chi connectivity index (χ0v) is 10.5. The molecule has 1 aliphatic carbocycles. The average molecular weight is 222 g/mol. The van der Waals surface area contributed by atoms with E-state index < -0.39 is 0 Å². The smallest absolute Gasteiger partial charge is 0.106 e. The van der Waals surface area contributed by atoms with Crippen molar-refractivity contribution in [2.45, 2.75) is 52.6 Å². The third kappa shape index (κ3) is 2.32. The van der Waals surface area contributed by atoms with Crippen molar-refractivity contribution in [3.8, 4) is 0 Å². The molecule has 1 saturated carbocycles. The van der Waals surface area contributed by atoms with Gasteiger partial charge in [0.2, 0.25) is 0 Å². The van der Waals surface area contributed by atoms with Gasteiger partial charge in [0.1, 0.15) is 11.5 Å². The highest BCUT2D eigenvalue weighted by Crippen LogP contribution is 2.38. The maximum atomic E-state index is 10.4. The Morgan fingerprint density at radius 3 is 2.38 bits per heavy atom. The van der Waals surface area contributed by atoms with Crippen LogP contribution in [0.5, 0.6) is 0 Å². The number of hydrogen-bond donors (Lipinski definition) is 1. The SMILES string of the molecule is Cc1cc(C(O)C2CCC(C)CC2)c(C)o1. The van der Waals surface area contributed by atoms with Crippen LogP contribution in [0.2, 0.25) is 0 Å². The molecule has 0 bridgehead atoms. The van der Waals surface area contributed by atoms with Gasteiger partial charge in [-0.2, -0.15) is 0 Å². The van der Waals surface area contributed by atoms with Crippen molar-refractivity contribution in [1.82, 2.24) is 0 Å². The van der Waals surface area contributed by atoms with Gasteiger partial charge >= 0.3 is 0 Å². The second-order valence-electron chi connectivity index (χ2n) is 5.33. The molecule has 0 spiro atoms. The summed E-state index contributed by atoms with van der Waals surface area (Å²) in [4.78, 5) is 0. The molecule has 2 nitrogen and oxygen atoms in total. The Kier molecular flexibility index (Phi) is 3.38. The number of hydrogen-bond acceptors (Lipinski definition) is 2. The lowest BCUT2D eigenvalue weighted by Crippen LogP contribution is -2.19. The molecule has 0 aromatic carbocycles. The highest BCUT2D eigenvalue weighted by atomic mass is 16.3. The highest BCUT2D eigenvalue weighted by molar-refractivity contribution is 5.23. The largest absolute Gasteiger partial charge is 0.466 e. The van der Waals surface area contributed by atoms with Crippen LogP contribution in [0.3, 0.4) is 0 Å². The lowest BCUT2D eigenvalue weighted by atomic mass is 9.78. The Morgan fingerprint density at radius 2 is 1.88 bits per heavy atom. The molecule has 90 valence electrons. The third-order valence-electron chi connectivity index (χ3n) is 3.91. The first-order valence-electron chi connectivity index (χ1n) is 6.33. The number of aliphatic hydroxyl groups excluding tert-OH is 1. The van der Waals surface area contributed by atoms with Crippen molar-refractivity contribution in [3.05, 3.63) is 23.2 Å². The summed E-state index contributed by atoms with van der Waals surface area (Å²) in [6.07, 6.45) is 4.46. The molecular formula is C14H22O2. The zero-order chi connectivity index (χ0) is 11.7. The van der Waals surface area contributed by atoms with Gasteiger partial charge in [0.05, 0.1) is 6.10 Å². The number of aryl methyl sites for hydroxylation is 2. The topological polar surface area (TPSA) is 33.4 Å². The fourth-order valence-electron chi connectivity index (χ4n) is 2.80. The predicted molar refractivity (Wildman–Crippen MR) is 64.3 cm³/mol. The number of rotatable bonds is 2. The molecule has 0 radical (unpaired) electrons. The fraction of sp³-hybridized carbons (Fsp3) is 0.714. The normalized spacial score (nSPS) is 28.0. The van der Waals surface area contributed by atoms with Crippen LogP contribution < -0.4 is 0 Å². The van der Waals surface area contributed by atoms with Crippen molar-refractivity contribution in [2.24, 2.45) is 11.8 Å². The Labute approximate surface area is 97.7 Å². The summed E-state index contributed by atoms with van der Waals surface area (Å²) >= 11 is 0. The molecule has 16 heavy (non-hydrogen) atoms. The van der Waals surface area contributed by atoms with Gasteiger partial charge in [-0.15, -0.1) is 0 Å². The molecule has 1 aromatic rings. The third-order valence-corrected chi connectivity index (χ3v) is 3.91. The van der Waals surface area contributed by atoms with Crippen LogP contribution in [-0.4, -0.2) is 5.11 Å². The van der Waals surface area contributed by atoms with Gasteiger partial charge in [0.15, 0.2) is 0 Å². The van der Waals surface area contributed by atoms with Crippen molar-refractivity contribution >= 4 is 0 Å². The van der Waals surface area contributed by atoms with Crippen molar-refractivity contribution in [2.75, 3.05) is 0 Å². The number of furan rings is 1. The van der Waals surface area contributed by atoms with Gasteiger partial charge in [-0.05, 0) is 44.6 Å². The Balaban J connectivity index is 2.07. The van der Waals surface area contributed by atoms with E-state index in [4.69, 9.17) is 4.42 Å². The summed E-state index contributed by atoms with van der Waals surface area (Å²) in [5.74, 6) is 3.03. The van der Waals surface area contributed by atoms with E-state index in [1.165, 1.54) is 12.8 Å². The molecule has 1 N–H and O–H groups in total. The van der Waals surface area contributed by atoms with Crippen LogP contribution in [0, 0.1) is 25.7 Å². The highest BCUT2D eigenvalue weighted by Gasteiger charge is 2.27. The van der Waals surface area contributed by atoms with E-state index in [1.807, 2.05) is 19.9 Å². The first-order valence-corrected chi connectivity index (χ1v) is 6.33. The Morgan fingerprint density at radius 1 is 1.25 bits per heavy atom. The van der Waals surface area contributed by atoms with Gasteiger partial charge in [-0.1, -0.05) is 19.8 Å². The maximum absolute atomic E-state index is 10.4. The zero-order valence-electron chi connectivity index (χ0n) is 10.5. The van der Waals surface area contributed by atoms with Crippen molar-refractivity contribution < 1.29 is 9.52 Å². The van der Waals surface area contributed by atoms with E-state index in [2.05, 4.69) is 6.92 Å². The van der Waals surface area contributed by atoms with Crippen LogP contribution in [-0.2, 0) is 0 Å². The van der Waals surface area contributed by atoms with Gasteiger partial charge < -0.3 is 9.52 Å². The summed E-state index contributed by atoms with van der Waals surface area (Å²) in [7, 11) is 0. The van der Waals surface area contributed by atoms with E-state index in [-0.39, 0.29) is 6.10 Å². The minimum atomic E-state index is -0.329. The molecule has 0 amide bonds. The van der Waals surface area contributed by atoms with Crippen molar-refractivity contribution in [3.63, 3.8) is 0 Å². The van der Waals surface area contributed by atoms with E-state index in [0.717, 1.165) is 35.8 Å². The molecular weight excluding hydrogens is 200 g/mol. The first kappa shape index (κ1) is 11.7. The average Bonchev–Trinajstić information content (AvgIpc) is 2.58. The van der Waals surface area contributed by atoms with Crippen LogP contribution >= 0.6 is 0 Å². The molecule has 1 aromatic heterocycles. The van der Waals surface area contributed by atoms with Crippen LogP contribution in [0.4, 0.5) is 0 Å². The summed E-state index contributed by atoms with van der Waals surface area (Å²) in [5.41, 5.74) is 0.997.